The summed E-state index contributed by atoms with van der Waals surface area (Å²) in [6.07, 6.45) is 0.953. The highest BCUT2D eigenvalue weighted by molar-refractivity contribution is 7.18. The zero-order valence-corrected chi connectivity index (χ0v) is 9.02. The molecule has 14 heavy (non-hydrogen) atoms. The minimum atomic E-state index is 0.110. The Morgan fingerprint density at radius 3 is 2.93 bits per heavy atom. The fourth-order valence-corrected chi connectivity index (χ4v) is 2.29. The molecule has 0 N–H and O–H groups in total. The van der Waals surface area contributed by atoms with Crippen LogP contribution in [0.25, 0.3) is 10.2 Å². The van der Waals surface area contributed by atoms with Crippen molar-refractivity contribution in [2.24, 2.45) is 0 Å². The van der Waals surface area contributed by atoms with Crippen LogP contribution in [0.2, 0.25) is 0 Å². The number of hydrogen-bond acceptors (Lipinski definition) is 3. The second-order valence-corrected chi connectivity index (χ2v) is 4.32. The molecule has 0 unspecified atom stereocenters. The van der Waals surface area contributed by atoms with Crippen molar-refractivity contribution >= 4 is 27.3 Å². The van der Waals surface area contributed by atoms with Gasteiger partial charge in [0.05, 0.1) is 15.2 Å². The van der Waals surface area contributed by atoms with Crippen LogP contribution in [0.1, 0.15) is 29.2 Å². The van der Waals surface area contributed by atoms with Gasteiger partial charge in [0.15, 0.2) is 5.78 Å². The van der Waals surface area contributed by atoms with Crippen molar-refractivity contribution in [3.63, 3.8) is 0 Å². The van der Waals surface area contributed by atoms with Crippen LogP contribution in [0, 0.1) is 0 Å². The zero-order valence-electron chi connectivity index (χ0n) is 8.20. The quantitative estimate of drug-likeness (QED) is 0.705. The number of benzene rings is 1. The van der Waals surface area contributed by atoms with Gasteiger partial charge in [-0.05, 0) is 31.5 Å². The number of aryl methyl sites for hydroxylation is 1. The maximum Gasteiger partial charge on any atom is 0.159 e. The van der Waals surface area contributed by atoms with E-state index in [0.717, 1.165) is 27.2 Å². The van der Waals surface area contributed by atoms with E-state index in [1.54, 1.807) is 18.3 Å². The molecule has 0 saturated carbocycles. The Kier molecular flexibility index (Phi) is 2.33. The first-order valence-corrected chi connectivity index (χ1v) is 5.42. The van der Waals surface area contributed by atoms with Crippen LogP contribution in [-0.4, -0.2) is 10.8 Å². The Balaban J connectivity index is 2.59. The molecule has 3 heteroatoms. The summed E-state index contributed by atoms with van der Waals surface area (Å²) >= 11 is 1.67. The number of aromatic nitrogens is 1. The smallest absolute Gasteiger partial charge is 0.159 e. The molecule has 0 atom stereocenters. The molecule has 0 amide bonds. The fourth-order valence-electron chi connectivity index (χ4n) is 1.34. The Bertz CT molecular complexity index is 487. The molecular formula is C11H11NOS. The minimum absolute atomic E-state index is 0.110. The summed E-state index contributed by atoms with van der Waals surface area (Å²) in [5, 5.41) is 1.13. The number of hydrogen-bond donors (Lipinski definition) is 0. The lowest BCUT2D eigenvalue weighted by molar-refractivity contribution is 0.101. The molecule has 0 spiro atoms. The molecule has 0 aliphatic rings. The number of ketones is 1. The van der Waals surface area contributed by atoms with Crippen molar-refractivity contribution in [1.82, 2.24) is 4.98 Å². The zero-order chi connectivity index (χ0) is 10.1. The molecule has 1 heterocycles. The van der Waals surface area contributed by atoms with Gasteiger partial charge in [-0.3, -0.25) is 4.79 Å². The van der Waals surface area contributed by atoms with Gasteiger partial charge in [-0.15, -0.1) is 11.3 Å². The average molecular weight is 205 g/mol. The SMILES string of the molecule is CCc1nc2ccc(C(C)=O)cc2s1. The molecule has 0 fully saturated rings. The van der Waals surface area contributed by atoms with Gasteiger partial charge < -0.3 is 0 Å². The van der Waals surface area contributed by atoms with E-state index in [4.69, 9.17) is 0 Å². The van der Waals surface area contributed by atoms with Crippen molar-refractivity contribution in [2.75, 3.05) is 0 Å². The van der Waals surface area contributed by atoms with E-state index in [1.807, 2.05) is 18.2 Å². The summed E-state index contributed by atoms with van der Waals surface area (Å²) < 4.78 is 1.11. The van der Waals surface area contributed by atoms with Crippen molar-refractivity contribution in [3.8, 4) is 0 Å². The van der Waals surface area contributed by atoms with E-state index < -0.39 is 0 Å². The van der Waals surface area contributed by atoms with Gasteiger partial charge in [0, 0.05) is 5.56 Å². The molecule has 1 aromatic heterocycles. The van der Waals surface area contributed by atoms with Crippen LogP contribution >= 0.6 is 11.3 Å². The van der Waals surface area contributed by atoms with Gasteiger partial charge in [0.2, 0.25) is 0 Å². The van der Waals surface area contributed by atoms with Gasteiger partial charge >= 0.3 is 0 Å². The van der Waals surface area contributed by atoms with E-state index in [9.17, 15) is 4.79 Å². The van der Waals surface area contributed by atoms with E-state index in [0.29, 0.717) is 0 Å². The van der Waals surface area contributed by atoms with E-state index in [-0.39, 0.29) is 5.78 Å². The number of thiazole rings is 1. The molecule has 2 nitrogen and oxygen atoms in total. The highest BCUT2D eigenvalue weighted by atomic mass is 32.1. The van der Waals surface area contributed by atoms with Gasteiger partial charge in [0.1, 0.15) is 0 Å². The first-order valence-electron chi connectivity index (χ1n) is 4.61. The van der Waals surface area contributed by atoms with Crippen LogP contribution in [0.15, 0.2) is 18.2 Å². The minimum Gasteiger partial charge on any atom is -0.295 e. The lowest BCUT2D eigenvalue weighted by Crippen LogP contribution is -1.89. The number of fused-ring (bicyclic) bond motifs is 1. The molecule has 0 aliphatic heterocycles. The van der Waals surface area contributed by atoms with Crippen LogP contribution in [0.3, 0.4) is 0 Å². The topological polar surface area (TPSA) is 30.0 Å². The number of carbonyl (C=O) groups is 1. The molecule has 2 aromatic rings. The third kappa shape index (κ3) is 1.55. The van der Waals surface area contributed by atoms with E-state index in [1.165, 1.54) is 0 Å². The standard InChI is InChI=1S/C11H11NOS/c1-3-11-12-9-5-4-8(7(2)13)6-10(9)14-11/h4-6H,3H2,1-2H3. The summed E-state index contributed by atoms with van der Waals surface area (Å²) in [6, 6.07) is 5.68. The van der Waals surface area contributed by atoms with Crippen molar-refractivity contribution < 1.29 is 4.79 Å². The van der Waals surface area contributed by atoms with Gasteiger partial charge in [0.25, 0.3) is 0 Å². The number of nitrogens with zero attached hydrogens (tertiary/aromatic N) is 1. The second-order valence-electron chi connectivity index (χ2n) is 3.20. The van der Waals surface area contributed by atoms with Crippen molar-refractivity contribution in [3.05, 3.63) is 28.8 Å². The molecule has 0 saturated heterocycles. The third-order valence-corrected chi connectivity index (χ3v) is 3.30. The Labute approximate surface area is 86.6 Å². The summed E-state index contributed by atoms with van der Waals surface area (Å²) in [4.78, 5) is 15.6. The predicted molar refractivity (Wildman–Crippen MR) is 59.0 cm³/mol. The Hall–Kier alpha value is -1.22. The van der Waals surface area contributed by atoms with Crippen LogP contribution in [0.5, 0.6) is 0 Å². The molecular weight excluding hydrogens is 194 g/mol. The summed E-state index contributed by atoms with van der Waals surface area (Å²) in [7, 11) is 0. The largest absolute Gasteiger partial charge is 0.295 e. The van der Waals surface area contributed by atoms with E-state index >= 15 is 0 Å². The summed E-state index contributed by atoms with van der Waals surface area (Å²) in [6.45, 7) is 3.67. The maximum atomic E-state index is 11.1. The van der Waals surface area contributed by atoms with Crippen LogP contribution in [-0.2, 0) is 6.42 Å². The molecule has 0 aliphatic carbocycles. The molecule has 0 radical (unpaired) electrons. The lowest BCUT2D eigenvalue weighted by Gasteiger charge is -1.93. The van der Waals surface area contributed by atoms with Crippen LogP contribution < -0.4 is 0 Å². The molecule has 2 rings (SSSR count). The third-order valence-electron chi connectivity index (χ3n) is 2.14. The number of rotatable bonds is 2. The predicted octanol–water partition coefficient (Wildman–Crippen LogP) is 3.06. The van der Waals surface area contributed by atoms with Crippen molar-refractivity contribution in [1.29, 1.82) is 0 Å². The maximum absolute atomic E-state index is 11.1. The molecule has 0 bridgehead atoms. The number of Topliss-reactive ketones (excluding diaryl/α,β-unsaturated/α-hetero) is 1. The van der Waals surface area contributed by atoms with Gasteiger partial charge in [-0.25, -0.2) is 4.98 Å². The molecule has 1 aromatic carbocycles. The Morgan fingerprint density at radius 1 is 1.50 bits per heavy atom. The first-order chi connectivity index (χ1) is 6.70. The average Bonchev–Trinajstić information content (AvgIpc) is 2.58. The monoisotopic (exact) mass is 205 g/mol. The molecule has 72 valence electrons. The highest BCUT2D eigenvalue weighted by Crippen LogP contribution is 2.23. The highest BCUT2D eigenvalue weighted by Gasteiger charge is 2.05. The lowest BCUT2D eigenvalue weighted by atomic mass is 10.1. The fraction of sp³-hybridized carbons (Fsp3) is 0.273. The summed E-state index contributed by atoms with van der Waals surface area (Å²) in [5.74, 6) is 0.110. The second kappa shape index (κ2) is 3.50. The van der Waals surface area contributed by atoms with Crippen LogP contribution in [0.4, 0.5) is 0 Å². The van der Waals surface area contributed by atoms with E-state index in [2.05, 4.69) is 11.9 Å². The van der Waals surface area contributed by atoms with Gasteiger partial charge in [-0.2, -0.15) is 0 Å². The summed E-state index contributed by atoms with van der Waals surface area (Å²) in [5.41, 5.74) is 1.76. The Morgan fingerprint density at radius 2 is 2.29 bits per heavy atom. The first kappa shape index (κ1) is 9.34. The van der Waals surface area contributed by atoms with Crippen molar-refractivity contribution in [2.45, 2.75) is 20.3 Å². The normalized spacial score (nSPS) is 10.7. The van der Waals surface area contributed by atoms with Gasteiger partial charge in [-0.1, -0.05) is 6.92 Å². The number of carbonyl (C=O) groups excluding carboxylic acids is 1.